The van der Waals surface area contributed by atoms with Gasteiger partial charge in [-0.3, -0.25) is 9.59 Å². The zero-order valence-electron chi connectivity index (χ0n) is 7.23. The van der Waals surface area contributed by atoms with Crippen LogP contribution in [0.25, 0.3) is 0 Å². The molecule has 0 aromatic rings. The molecule has 1 atom stereocenters. The van der Waals surface area contributed by atoms with Crippen molar-refractivity contribution in [3.05, 3.63) is 0 Å². The smallest absolute Gasteiger partial charge is 0.323 e. The Hall–Kier alpha value is -1.18. The summed E-state index contributed by atoms with van der Waals surface area (Å²) < 4.78 is 0. The van der Waals surface area contributed by atoms with E-state index in [0.29, 0.717) is 0 Å². The summed E-state index contributed by atoms with van der Waals surface area (Å²) in [5, 5.41) is 26.4. The Morgan fingerprint density at radius 2 is 1.85 bits per heavy atom. The second-order valence-corrected chi connectivity index (χ2v) is 1.96. The molecule has 0 radical (unpaired) electrons. The van der Waals surface area contributed by atoms with Gasteiger partial charge in [0.25, 0.3) is 0 Å². The number of nitrogens with two attached hydrogens (primary N) is 1. The molecule has 0 heterocycles. The molecule has 0 fully saturated rings. The van der Waals surface area contributed by atoms with Gasteiger partial charge in [-0.15, -0.1) is 0 Å². The molecule has 13 heavy (non-hydrogen) atoms. The number of carboxylic acids is 2. The average Bonchev–Trinajstić information content (AvgIpc) is 2.07. The molecule has 0 aliphatic carbocycles. The van der Waals surface area contributed by atoms with Crippen molar-refractivity contribution in [1.82, 2.24) is 5.32 Å². The van der Waals surface area contributed by atoms with E-state index >= 15 is 0 Å². The predicted molar refractivity (Wildman–Crippen MR) is 44.3 cm³/mol. The van der Waals surface area contributed by atoms with Gasteiger partial charge in [-0.2, -0.15) is 0 Å². The molecular weight excluding hydrogens is 180 g/mol. The third kappa shape index (κ3) is 10.8. The number of hydrogen-bond acceptors (Lipinski definition) is 5. The summed E-state index contributed by atoms with van der Waals surface area (Å²) in [6, 6.07) is -0.824. The van der Waals surface area contributed by atoms with E-state index in [4.69, 9.17) is 15.3 Å². The average molecular weight is 194 g/mol. The van der Waals surface area contributed by atoms with Crippen molar-refractivity contribution in [2.24, 2.45) is 5.73 Å². The van der Waals surface area contributed by atoms with Gasteiger partial charge in [0.2, 0.25) is 0 Å². The normalized spacial score (nSPS) is 11.0. The molecule has 78 valence electrons. The first-order valence-corrected chi connectivity index (χ1v) is 3.42. The molecule has 0 aromatic carbocycles. The van der Waals surface area contributed by atoms with E-state index in [2.05, 4.69) is 11.1 Å². The van der Waals surface area contributed by atoms with Crippen LogP contribution in [0.15, 0.2) is 0 Å². The fourth-order valence-corrected chi connectivity index (χ4v) is 0.293. The molecule has 0 aliphatic heterocycles. The quantitative estimate of drug-likeness (QED) is 0.339. The highest BCUT2D eigenvalue weighted by Gasteiger charge is 2.11. The van der Waals surface area contributed by atoms with Crippen LogP contribution in [-0.2, 0) is 9.59 Å². The van der Waals surface area contributed by atoms with Crippen molar-refractivity contribution >= 4 is 11.9 Å². The maximum Gasteiger partial charge on any atom is 0.323 e. The Morgan fingerprint density at radius 3 is 1.85 bits per heavy atom. The first-order valence-electron chi connectivity index (χ1n) is 3.42. The molecule has 0 saturated carbocycles. The van der Waals surface area contributed by atoms with Crippen LogP contribution < -0.4 is 11.1 Å². The summed E-state index contributed by atoms with van der Waals surface area (Å²) in [6.07, 6.45) is 0. The minimum atomic E-state index is -1.03. The van der Waals surface area contributed by atoms with E-state index in [1.165, 1.54) is 7.05 Å². The predicted octanol–water partition coefficient (Wildman–Crippen LogP) is -2.32. The Labute approximate surface area is 75.2 Å². The number of hydrogen-bond donors (Lipinski definition) is 5. The number of aliphatic hydroxyl groups is 1. The third-order valence-electron chi connectivity index (χ3n) is 1.00. The molecule has 0 aromatic heterocycles. The van der Waals surface area contributed by atoms with E-state index in [0.717, 1.165) is 0 Å². The Balaban J connectivity index is 0. The lowest BCUT2D eigenvalue weighted by molar-refractivity contribution is -0.140. The Morgan fingerprint density at radius 1 is 1.46 bits per heavy atom. The standard InChI is InChI=1S/C4H9NO3.C2H5NO2/c1-5-3(2-6)4(7)8;3-1-2(4)5/h3,5-6H,2H2,1H3,(H,7,8);1,3H2,(H,4,5)/t3-;/m0./s1. The van der Waals surface area contributed by atoms with Crippen LogP contribution in [0.3, 0.4) is 0 Å². The van der Waals surface area contributed by atoms with E-state index in [1.54, 1.807) is 0 Å². The molecular formula is C6H14N2O5. The monoisotopic (exact) mass is 194 g/mol. The molecule has 0 aliphatic rings. The lowest BCUT2D eigenvalue weighted by Crippen LogP contribution is -2.36. The van der Waals surface area contributed by atoms with Gasteiger partial charge in [0.15, 0.2) is 0 Å². The zero-order chi connectivity index (χ0) is 10.9. The van der Waals surface area contributed by atoms with Crippen molar-refractivity contribution in [1.29, 1.82) is 0 Å². The van der Waals surface area contributed by atoms with Crippen molar-refractivity contribution in [2.45, 2.75) is 6.04 Å². The molecule has 7 nitrogen and oxygen atoms in total. The van der Waals surface area contributed by atoms with Gasteiger partial charge < -0.3 is 26.4 Å². The van der Waals surface area contributed by atoms with E-state index in [-0.39, 0.29) is 13.2 Å². The van der Waals surface area contributed by atoms with Gasteiger partial charge in [0.05, 0.1) is 13.2 Å². The largest absolute Gasteiger partial charge is 0.480 e. The van der Waals surface area contributed by atoms with E-state index in [9.17, 15) is 9.59 Å². The lowest BCUT2D eigenvalue weighted by Gasteiger charge is -2.04. The van der Waals surface area contributed by atoms with Crippen molar-refractivity contribution in [3.63, 3.8) is 0 Å². The fraction of sp³-hybridized carbons (Fsp3) is 0.667. The summed E-state index contributed by atoms with van der Waals surface area (Å²) in [4.78, 5) is 19.2. The first-order chi connectivity index (χ1) is 5.99. The molecule has 7 heteroatoms. The topological polar surface area (TPSA) is 133 Å². The molecule has 0 saturated heterocycles. The van der Waals surface area contributed by atoms with Crippen molar-refractivity contribution < 1.29 is 24.9 Å². The maximum absolute atomic E-state index is 9.94. The number of aliphatic hydroxyl groups excluding tert-OH is 1. The highest BCUT2D eigenvalue weighted by molar-refractivity contribution is 5.73. The van der Waals surface area contributed by atoms with Crippen LogP contribution >= 0.6 is 0 Å². The van der Waals surface area contributed by atoms with Gasteiger partial charge in [-0.1, -0.05) is 0 Å². The molecule has 0 unspecified atom stereocenters. The summed E-state index contributed by atoms with van der Waals surface area (Å²) >= 11 is 0. The van der Waals surface area contributed by atoms with Crippen LogP contribution in [0.1, 0.15) is 0 Å². The second kappa shape index (κ2) is 8.91. The van der Waals surface area contributed by atoms with Crippen LogP contribution in [-0.4, -0.2) is 53.5 Å². The number of carbonyl (C=O) groups is 2. The van der Waals surface area contributed by atoms with Gasteiger partial charge in [-0.25, -0.2) is 0 Å². The van der Waals surface area contributed by atoms with Gasteiger partial charge in [0.1, 0.15) is 6.04 Å². The Kier molecular flexibility index (Phi) is 9.84. The van der Waals surface area contributed by atoms with Gasteiger partial charge >= 0.3 is 11.9 Å². The third-order valence-corrected chi connectivity index (χ3v) is 1.00. The highest BCUT2D eigenvalue weighted by atomic mass is 16.4. The Bertz CT molecular complexity index is 157. The lowest BCUT2D eigenvalue weighted by atomic mass is 10.3. The van der Waals surface area contributed by atoms with Crippen LogP contribution in [0, 0.1) is 0 Å². The van der Waals surface area contributed by atoms with Crippen LogP contribution in [0.5, 0.6) is 0 Å². The summed E-state index contributed by atoms with van der Waals surface area (Å²) in [5.74, 6) is -2.00. The van der Waals surface area contributed by atoms with E-state index < -0.39 is 18.0 Å². The molecule has 0 amide bonds. The maximum atomic E-state index is 9.94. The van der Waals surface area contributed by atoms with Crippen LogP contribution in [0.2, 0.25) is 0 Å². The summed E-state index contributed by atoms with van der Waals surface area (Å²) in [5.41, 5.74) is 4.57. The van der Waals surface area contributed by atoms with Gasteiger partial charge in [0, 0.05) is 0 Å². The number of likely N-dealkylation sites (N-methyl/N-ethyl adjacent to an activating group) is 1. The summed E-state index contributed by atoms with van der Waals surface area (Å²) in [7, 11) is 1.48. The minimum Gasteiger partial charge on any atom is -0.480 e. The molecule has 0 bridgehead atoms. The number of nitrogens with one attached hydrogen (secondary N) is 1. The molecule has 0 spiro atoms. The minimum absolute atomic E-state index is 0.278. The van der Waals surface area contributed by atoms with Crippen molar-refractivity contribution in [2.75, 3.05) is 20.2 Å². The zero-order valence-corrected chi connectivity index (χ0v) is 7.23. The number of carboxylic acid groups (broad SMARTS) is 2. The van der Waals surface area contributed by atoms with Crippen LogP contribution in [0.4, 0.5) is 0 Å². The van der Waals surface area contributed by atoms with E-state index in [1.807, 2.05) is 0 Å². The number of rotatable bonds is 4. The first kappa shape index (κ1) is 14.3. The second-order valence-electron chi connectivity index (χ2n) is 1.96. The van der Waals surface area contributed by atoms with Crippen molar-refractivity contribution in [3.8, 4) is 0 Å². The van der Waals surface area contributed by atoms with Gasteiger partial charge in [-0.05, 0) is 7.05 Å². The SMILES string of the molecule is CN[C@@H](CO)C(=O)O.NCC(=O)O. The molecule has 0 rings (SSSR count). The number of aliphatic carboxylic acids is 2. The fourth-order valence-electron chi connectivity index (χ4n) is 0.293. The highest BCUT2D eigenvalue weighted by Crippen LogP contribution is 1.76. The molecule has 6 N–H and O–H groups in total. The summed E-state index contributed by atoms with van der Waals surface area (Å²) in [6.45, 7) is -0.647.